The minimum atomic E-state index is 0.328. The first-order chi connectivity index (χ1) is 15.5. The van der Waals surface area contributed by atoms with Gasteiger partial charge in [-0.05, 0) is 57.4 Å². The van der Waals surface area contributed by atoms with Gasteiger partial charge in [0.1, 0.15) is 6.61 Å². The van der Waals surface area contributed by atoms with E-state index in [1.54, 1.807) is 27.5 Å². The Hall–Kier alpha value is -2.90. The number of hydrogen-bond acceptors (Lipinski definition) is 6. The van der Waals surface area contributed by atoms with Crippen LogP contribution in [-0.4, -0.2) is 27.5 Å². The average molecular weight is 520 g/mol. The van der Waals surface area contributed by atoms with Gasteiger partial charge in [0.15, 0.2) is 23.0 Å². The number of rotatable bonds is 10. The average Bonchev–Trinajstić information content (AvgIpc) is 2.81. The molecule has 0 radical (unpaired) electrons. The van der Waals surface area contributed by atoms with Crippen LogP contribution in [0.15, 0.2) is 64.2 Å². The van der Waals surface area contributed by atoms with Crippen LogP contribution in [0.25, 0.3) is 0 Å². The van der Waals surface area contributed by atoms with Gasteiger partial charge in [0.25, 0.3) is 0 Å². The Morgan fingerprint density at radius 1 is 0.938 bits per heavy atom. The Labute approximate surface area is 201 Å². The quantitative estimate of drug-likeness (QED) is 0.270. The van der Waals surface area contributed by atoms with Gasteiger partial charge < -0.3 is 24.4 Å². The Kier molecular flexibility index (Phi) is 8.64. The number of benzene rings is 3. The van der Waals surface area contributed by atoms with Crippen molar-refractivity contribution in [3.63, 3.8) is 0 Å². The topological polar surface area (TPSA) is 61.3 Å². The van der Waals surface area contributed by atoms with E-state index in [2.05, 4.69) is 26.5 Å². The Morgan fingerprint density at radius 2 is 1.69 bits per heavy atom. The first kappa shape index (κ1) is 23.8. The van der Waals surface area contributed by atoms with Gasteiger partial charge in [-0.2, -0.15) is 5.10 Å². The Morgan fingerprint density at radius 3 is 2.41 bits per heavy atom. The molecule has 3 aromatic rings. The number of halogens is 2. The summed E-state index contributed by atoms with van der Waals surface area (Å²) < 4.78 is 22.8. The summed E-state index contributed by atoms with van der Waals surface area (Å²) in [5, 5.41) is 4.96. The minimum absolute atomic E-state index is 0.328. The highest BCUT2D eigenvalue weighted by Gasteiger charge is 2.12. The van der Waals surface area contributed by atoms with Gasteiger partial charge in [-0.1, -0.05) is 35.9 Å². The molecule has 8 heteroatoms. The summed E-state index contributed by atoms with van der Waals surface area (Å²) in [5.41, 5.74) is 5.79. The molecule has 0 spiro atoms. The van der Waals surface area contributed by atoms with Gasteiger partial charge in [-0.3, -0.25) is 0 Å². The van der Waals surface area contributed by atoms with E-state index in [9.17, 15) is 0 Å². The molecule has 3 rings (SSSR count). The molecule has 0 aliphatic heterocycles. The molecule has 0 atom stereocenters. The molecule has 0 amide bonds. The van der Waals surface area contributed by atoms with Crippen LogP contribution >= 0.6 is 27.5 Å². The fraction of sp³-hybridized carbons (Fsp3) is 0.208. The van der Waals surface area contributed by atoms with Gasteiger partial charge in [-0.15, -0.1) is 0 Å². The third-order valence-corrected chi connectivity index (χ3v) is 5.58. The molecule has 0 bridgehead atoms. The van der Waals surface area contributed by atoms with Crippen molar-refractivity contribution in [2.45, 2.75) is 13.2 Å². The zero-order valence-corrected chi connectivity index (χ0v) is 20.4. The Balaban J connectivity index is 1.65. The standard InChI is InChI=1S/C24H24BrClN2O4/c1-29-21-9-8-16(11-22(21)30-2)13-27-28-14-17-10-19(25)24(23(12-17)31-3)32-15-18-6-4-5-7-20(18)26/h4-12,14,27H,13,15H2,1-3H3/b28-14+. The van der Waals surface area contributed by atoms with Crippen LogP contribution in [0.3, 0.4) is 0 Å². The van der Waals surface area contributed by atoms with E-state index in [1.165, 1.54) is 0 Å². The molecule has 1 N–H and O–H groups in total. The molecular formula is C24H24BrClN2O4. The number of ether oxygens (including phenoxy) is 4. The van der Waals surface area contributed by atoms with Gasteiger partial charge in [0.2, 0.25) is 0 Å². The first-order valence-corrected chi connectivity index (χ1v) is 10.9. The zero-order valence-electron chi connectivity index (χ0n) is 18.0. The third-order valence-electron chi connectivity index (χ3n) is 4.62. The van der Waals surface area contributed by atoms with E-state index in [0.717, 1.165) is 21.2 Å². The predicted molar refractivity (Wildman–Crippen MR) is 130 cm³/mol. The van der Waals surface area contributed by atoms with Gasteiger partial charge in [0, 0.05) is 10.6 Å². The highest BCUT2D eigenvalue weighted by molar-refractivity contribution is 9.10. The zero-order chi connectivity index (χ0) is 22.9. The summed E-state index contributed by atoms with van der Waals surface area (Å²) in [4.78, 5) is 0. The van der Waals surface area contributed by atoms with E-state index in [0.29, 0.717) is 41.2 Å². The number of nitrogens with one attached hydrogen (secondary N) is 1. The lowest BCUT2D eigenvalue weighted by atomic mass is 10.2. The van der Waals surface area contributed by atoms with Crippen LogP contribution in [0.4, 0.5) is 0 Å². The molecule has 6 nitrogen and oxygen atoms in total. The molecule has 168 valence electrons. The summed E-state index contributed by atoms with van der Waals surface area (Å²) >= 11 is 9.78. The van der Waals surface area contributed by atoms with Crippen LogP contribution in [0, 0.1) is 0 Å². The van der Waals surface area contributed by atoms with E-state index < -0.39 is 0 Å². The molecule has 0 saturated heterocycles. The summed E-state index contributed by atoms with van der Waals surface area (Å²) in [5.74, 6) is 2.56. The molecule has 0 saturated carbocycles. The van der Waals surface area contributed by atoms with Crippen molar-refractivity contribution in [1.29, 1.82) is 0 Å². The van der Waals surface area contributed by atoms with E-state index in [1.807, 2.05) is 54.6 Å². The second kappa shape index (κ2) is 11.6. The molecule has 0 aliphatic rings. The molecule has 0 unspecified atom stereocenters. The maximum absolute atomic E-state index is 6.22. The third kappa shape index (κ3) is 6.08. The summed E-state index contributed by atoms with van der Waals surface area (Å²) in [7, 11) is 4.82. The molecule has 0 fully saturated rings. The van der Waals surface area contributed by atoms with E-state index in [4.69, 9.17) is 30.5 Å². The lowest BCUT2D eigenvalue weighted by molar-refractivity contribution is 0.282. The first-order valence-electron chi connectivity index (χ1n) is 9.76. The molecule has 0 aliphatic carbocycles. The maximum atomic E-state index is 6.22. The fourth-order valence-electron chi connectivity index (χ4n) is 2.97. The lowest BCUT2D eigenvalue weighted by Crippen LogP contribution is -2.06. The van der Waals surface area contributed by atoms with Crippen LogP contribution in [0.5, 0.6) is 23.0 Å². The highest BCUT2D eigenvalue weighted by Crippen LogP contribution is 2.37. The second-order valence-corrected chi connectivity index (χ2v) is 7.96. The van der Waals surface area contributed by atoms with Crippen LogP contribution in [-0.2, 0) is 13.2 Å². The summed E-state index contributed by atoms with van der Waals surface area (Å²) in [6.45, 7) is 0.864. The van der Waals surface area contributed by atoms with Gasteiger partial charge in [-0.25, -0.2) is 0 Å². The second-order valence-electron chi connectivity index (χ2n) is 6.70. The molecule has 3 aromatic carbocycles. The summed E-state index contributed by atoms with van der Waals surface area (Å²) in [6.07, 6.45) is 1.71. The van der Waals surface area contributed by atoms with Crippen LogP contribution in [0.1, 0.15) is 16.7 Å². The number of methoxy groups -OCH3 is 3. The van der Waals surface area contributed by atoms with Crippen molar-refractivity contribution in [3.05, 3.63) is 80.8 Å². The van der Waals surface area contributed by atoms with Gasteiger partial charge >= 0.3 is 0 Å². The fourth-order valence-corrected chi connectivity index (χ4v) is 3.73. The SMILES string of the molecule is COc1ccc(CN/N=C/c2cc(Br)c(OCc3ccccc3Cl)c(OC)c2)cc1OC. The highest BCUT2D eigenvalue weighted by atomic mass is 79.9. The number of hydrazone groups is 1. The van der Waals surface area contributed by atoms with Crippen molar-refractivity contribution in [3.8, 4) is 23.0 Å². The normalized spacial score (nSPS) is 10.8. The summed E-state index contributed by atoms with van der Waals surface area (Å²) in [6, 6.07) is 17.1. The van der Waals surface area contributed by atoms with E-state index in [-0.39, 0.29) is 0 Å². The van der Waals surface area contributed by atoms with Crippen molar-refractivity contribution in [2.75, 3.05) is 21.3 Å². The van der Waals surface area contributed by atoms with Crippen LogP contribution in [0.2, 0.25) is 5.02 Å². The van der Waals surface area contributed by atoms with Crippen molar-refractivity contribution >= 4 is 33.7 Å². The van der Waals surface area contributed by atoms with Crippen molar-refractivity contribution in [2.24, 2.45) is 5.10 Å². The van der Waals surface area contributed by atoms with Crippen LogP contribution < -0.4 is 24.4 Å². The lowest BCUT2D eigenvalue weighted by Gasteiger charge is -2.14. The predicted octanol–water partition coefficient (Wildman–Crippen LogP) is 5.83. The largest absolute Gasteiger partial charge is 0.493 e. The maximum Gasteiger partial charge on any atom is 0.175 e. The molecule has 32 heavy (non-hydrogen) atoms. The smallest absolute Gasteiger partial charge is 0.175 e. The van der Waals surface area contributed by atoms with Gasteiger partial charge in [0.05, 0.1) is 38.6 Å². The Bertz CT molecular complexity index is 1090. The number of hydrogen-bond donors (Lipinski definition) is 1. The van der Waals surface area contributed by atoms with Crippen molar-refractivity contribution < 1.29 is 18.9 Å². The number of nitrogens with zero attached hydrogens (tertiary/aromatic N) is 1. The molecular weight excluding hydrogens is 496 g/mol. The minimum Gasteiger partial charge on any atom is -0.493 e. The molecule has 0 aromatic heterocycles. The van der Waals surface area contributed by atoms with Crippen molar-refractivity contribution in [1.82, 2.24) is 5.43 Å². The van der Waals surface area contributed by atoms with E-state index >= 15 is 0 Å². The monoisotopic (exact) mass is 518 g/mol. The molecule has 0 heterocycles.